The number of sulfonamides is 1. The van der Waals surface area contributed by atoms with Crippen LogP contribution >= 0.6 is 11.6 Å². The molecule has 0 N–H and O–H groups in total. The molecule has 0 aliphatic rings. The van der Waals surface area contributed by atoms with E-state index in [4.69, 9.17) is 11.6 Å². The monoisotopic (exact) mass is 409 g/mol. The van der Waals surface area contributed by atoms with E-state index in [1.54, 1.807) is 0 Å². The Balaban J connectivity index is 2.84. The van der Waals surface area contributed by atoms with E-state index in [1.807, 2.05) is 0 Å². The van der Waals surface area contributed by atoms with Gasteiger partial charge in [-0.15, -0.1) is 0 Å². The Morgan fingerprint density at radius 1 is 1.19 bits per heavy atom. The molecule has 13 heteroatoms. The van der Waals surface area contributed by atoms with Gasteiger partial charge in [-0.25, -0.2) is 14.2 Å². The van der Waals surface area contributed by atoms with Gasteiger partial charge in [0, 0.05) is 13.1 Å². The minimum Gasteiger partial charge on any atom is -0.292 e. The maximum atomic E-state index is 12.8. The van der Waals surface area contributed by atoms with E-state index in [0.717, 1.165) is 31.3 Å². The molecule has 2 rings (SSSR count). The van der Waals surface area contributed by atoms with Crippen LogP contribution in [0.1, 0.15) is 5.69 Å². The lowest BCUT2D eigenvalue weighted by Gasteiger charge is -2.14. The molecule has 8 nitrogen and oxygen atoms in total. The second-order valence-corrected chi connectivity index (χ2v) is 6.79. The minimum absolute atomic E-state index is 0.188. The van der Waals surface area contributed by atoms with Crippen molar-refractivity contribution in [2.75, 3.05) is 0 Å². The second-order valence-electron chi connectivity index (χ2n) is 4.81. The SMILES string of the molecule is Cn1c(C(F)(F)F)cc(=O)n(-c2ccc(Cl)c(S(=O)(=O)N=C=O)c2)c1=O. The van der Waals surface area contributed by atoms with Gasteiger partial charge in [0.15, 0.2) is 0 Å². The van der Waals surface area contributed by atoms with Crippen LogP contribution in [0.5, 0.6) is 0 Å². The lowest BCUT2D eigenvalue weighted by Crippen LogP contribution is -2.40. The van der Waals surface area contributed by atoms with Crippen LogP contribution in [0.3, 0.4) is 0 Å². The van der Waals surface area contributed by atoms with Crippen LogP contribution in [0.25, 0.3) is 5.69 Å². The molecular weight excluding hydrogens is 403 g/mol. The topological polar surface area (TPSA) is 108 Å². The van der Waals surface area contributed by atoms with Crippen LogP contribution in [0.2, 0.25) is 5.02 Å². The first-order valence-corrected chi connectivity index (χ1v) is 8.26. The molecule has 0 spiro atoms. The molecule has 0 aliphatic carbocycles. The summed E-state index contributed by atoms with van der Waals surface area (Å²) >= 11 is 5.71. The number of alkyl halides is 3. The second kappa shape index (κ2) is 6.56. The average molecular weight is 410 g/mol. The van der Waals surface area contributed by atoms with E-state index in [2.05, 4.69) is 4.40 Å². The average Bonchev–Trinajstić information content (AvgIpc) is 2.51. The molecule has 0 saturated heterocycles. The van der Waals surface area contributed by atoms with Crippen LogP contribution in [0, 0.1) is 0 Å². The van der Waals surface area contributed by atoms with E-state index >= 15 is 0 Å². The van der Waals surface area contributed by atoms with Gasteiger partial charge in [0.2, 0.25) is 0 Å². The van der Waals surface area contributed by atoms with E-state index in [9.17, 15) is 36.0 Å². The summed E-state index contributed by atoms with van der Waals surface area (Å²) < 4.78 is 65.3. The zero-order chi connectivity index (χ0) is 19.9. The van der Waals surface area contributed by atoms with Crippen molar-refractivity contribution in [1.29, 1.82) is 0 Å². The summed E-state index contributed by atoms with van der Waals surface area (Å²) in [6.45, 7) is 0. The van der Waals surface area contributed by atoms with Gasteiger partial charge in [-0.05, 0) is 18.2 Å². The maximum Gasteiger partial charge on any atom is 0.431 e. The molecule has 0 unspecified atom stereocenters. The van der Waals surface area contributed by atoms with Crippen molar-refractivity contribution in [1.82, 2.24) is 9.13 Å². The summed E-state index contributed by atoms with van der Waals surface area (Å²) in [6, 6.07) is 2.94. The number of halogens is 4. The quantitative estimate of drug-likeness (QED) is 0.559. The summed E-state index contributed by atoms with van der Waals surface area (Å²) in [5, 5.41) is -0.385. The highest BCUT2D eigenvalue weighted by Gasteiger charge is 2.35. The fourth-order valence-corrected chi connectivity index (χ4v) is 3.25. The van der Waals surface area contributed by atoms with E-state index in [0.29, 0.717) is 4.57 Å². The standard InChI is InChI=1S/C13H7ClF3N3O5S/c1-19-10(13(15,16)17)5-11(22)20(12(19)23)7-2-3-8(14)9(4-7)26(24,25)18-6-21/h2-5H,1H3. The van der Waals surface area contributed by atoms with Gasteiger partial charge >= 0.3 is 11.9 Å². The molecule has 138 valence electrons. The number of carbonyl (C=O) groups excluding carboxylic acids is 1. The molecule has 1 aromatic carbocycles. The molecule has 0 aliphatic heterocycles. The van der Waals surface area contributed by atoms with Crippen molar-refractivity contribution in [2.45, 2.75) is 11.1 Å². The normalized spacial score (nSPS) is 11.9. The van der Waals surface area contributed by atoms with Gasteiger partial charge < -0.3 is 0 Å². The number of benzene rings is 1. The molecule has 0 atom stereocenters. The Labute approximate surface area is 147 Å². The van der Waals surface area contributed by atoms with Crippen molar-refractivity contribution in [3.63, 3.8) is 0 Å². The van der Waals surface area contributed by atoms with Crippen LogP contribution in [0.15, 0.2) is 43.1 Å². The number of rotatable bonds is 3. The number of isocyanates is 1. The Hall–Kier alpha value is -2.69. The molecule has 0 radical (unpaired) electrons. The first-order chi connectivity index (χ1) is 11.9. The van der Waals surface area contributed by atoms with E-state index < -0.39 is 38.0 Å². The van der Waals surface area contributed by atoms with Crippen LogP contribution in [-0.4, -0.2) is 23.6 Å². The summed E-state index contributed by atoms with van der Waals surface area (Å²) in [6.07, 6.45) is -4.13. The largest absolute Gasteiger partial charge is 0.431 e. The molecule has 0 fully saturated rings. The molecule has 2 aromatic rings. The van der Waals surface area contributed by atoms with E-state index in [-0.39, 0.29) is 21.3 Å². The Bertz CT molecular complexity index is 1160. The fraction of sp³-hybridized carbons (Fsp3) is 0.154. The molecule has 0 bridgehead atoms. The third-order valence-corrected chi connectivity index (χ3v) is 4.87. The third-order valence-electron chi connectivity index (χ3n) is 3.22. The third kappa shape index (κ3) is 3.47. The van der Waals surface area contributed by atoms with Gasteiger partial charge in [0.25, 0.3) is 21.7 Å². The molecule has 0 saturated carbocycles. The van der Waals surface area contributed by atoms with Crippen molar-refractivity contribution >= 4 is 27.7 Å². The number of aromatic nitrogens is 2. The molecule has 1 aromatic heterocycles. The van der Waals surface area contributed by atoms with Crippen LogP contribution < -0.4 is 11.2 Å². The molecule has 1 heterocycles. The number of hydrogen-bond donors (Lipinski definition) is 0. The van der Waals surface area contributed by atoms with Gasteiger partial charge in [-0.2, -0.15) is 21.6 Å². The van der Waals surface area contributed by atoms with Crippen LogP contribution in [-0.2, 0) is 28.0 Å². The number of nitrogens with zero attached hydrogens (tertiary/aromatic N) is 3. The zero-order valence-corrected chi connectivity index (χ0v) is 14.2. The predicted octanol–water partition coefficient (Wildman–Crippen LogP) is 1.23. The summed E-state index contributed by atoms with van der Waals surface area (Å²) in [7, 11) is -3.78. The van der Waals surface area contributed by atoms with Gasteiger partial charge in [-0.3, -0.25) is 9.36 Å². The van der Waals surface area contributed by atoms with Gasteiger partial charge in [-0.1, -0.05) is 16.0 Å². The number of hydrogen-bond acceptors (Lipinski definition) is 5. The Morgan fingerprint density at radius 2 is 1.81 bits per heavy atom. The van der Waals surface area contributed by atoms with Crippen molar-refractivity contribution in [3.8, 4) is 5.69 Å². The highest BCUT2D eigenvalue weighted by atomic mass is 35.5. The van der Waals surface area contributed by atoms with Crippen molar-refractivity contribution in [3.05, 3.63) is 55.8 Å². The van der Waals surface area contributed by atoms with Crippen LogP contribution in [0.4, 0.5) is 13.2 Å². The first-order valence-electron chi connectivity index (χ1n) is 6.44. The first kappa shape index (κ1) is 19.6. The Morgan fingerprint density at radius 3 is 2.35 bits per heavy atom. The summed E-state index contributed by atoms with van der Waals surface area (Å²) in [5.74, 6) is 0. The van der Waals surface area contributed by atoms with E-state index in [1.165, 1.54) is 0 Å². The highest BCUT2D eigenvalue weighted by molar-refractivity contribution is 7.90. The minimum atomic E-state index is -4.95. The summed E-state index contributed by atoms with van der Waals surface area (Å²) in [5.41, 5.74) is -4.57. The maximum absolute atomic E-state index is 12.8. The summed E-state index contributed by atoms with van der Waals surface area (Å²) in [4.78, 5) is 33.7. The van der Waals surface area contributed by atoms with Gasteiger partial charge in [0.05, 0.1) is 10.7 Å². The van der Waals surface area contributed by atoms with Crippen molar-refractivity contribution in [2.24, 2.45) is 11.4 Å². The predicted molar refractivity (Wildman–Crippen MR) is 82.6 cm³/mol. The van der Waals surface area contributed by atoms with Crippen molar-refractivity contribution < 1.29 is 26.4 Å². The lowest BCUT2D eigenvalue weighted by atomic mass is 10.3. The lowest BCUT2D eigenvalue weighted by molar-refractivity contribution is -0.144. The van der Waals surface area contributed by atoms with Gasteiger partial charge in [0.1, 0.15) is 10.6 Å². The molecule has 0 amide bonds. The zero-order valence-electron chi connectivity index (χ0n) is 12.6. The smallest absolute Gasteiger partial charge is 0.292 e. The molecular formula is C13H7ClF3N3O5S. The fourth-order valence-electron chi connectivity index (χ4n) is 2.06. The molecule has 26 heavy (non-hydrogen) atoms. The Kier molecular flexibility index (Phi) is 4.95. The highest BCUT2D eigenvalue weighted by Crippen LogP contribution is 2.28.